The topological polar surface area (TPSA) is 42.0 Å². The van der Waals surface area contributed by atoms with Gasteiger partial charge >= 0.3 is 0 Å². The summed E-state index contributed by atoms with van der Waals surface area (Å²) in [5, 5.41) is 2.90. The van der Waals surface area contributed by atoms with Crippen LogP contribution in [0.2, 0.25) is 0 Å². The van der Waals surface area contributed by atoms with E-state index in [1.165, 1.54) is 12.1 Å². The fourth-order valence-corrected chi connectivity index (χ4v) is 1.82. The summed E-state index contributed by atoms with van der Waals surface area (Å²) in [5.74, 6) is -0.384. The third-order valence-electron chi connectivity index (χ3n) is 2.86. The quantitative estimate of drug-likeness (QED) is 0.916. The number of nitrogens with one attached hydrogen (secondary N) is 1. The molecule has 1 amide bonds. The molecule has 0 aliphatic rings. The van der Waals surface area contributed by atoms with E-state index in [9.17, 15) is 9.18 Å². The lowest BCUT2D eigenvalue weighted by Gasteiger charge is -2.14. The van der Waals surface area contributed by atoms with E-state index in [4.69, 9.17) is 0 Å². The van der Waals surface area contributed by atoms with Gasteiger partial charge in [0.25, 0.3) is 0 Å². The highest BCUT2D eigenvalue weighted by molar-refractivity contribution is 5.78. The second kappa shape index (κ2) is 6.09. The predicted octanol–water partition coefficient (Wildman–Crippen LogP) is 2.64. The van der Waals surface area contributed by atoms with Gasteiger partial charge in [-0.05, 0) is 42.3 Å². The third-order valence-corrected chi connectivity index (χ3v) is 2.86. The van der Waals surface area contributed by atoms with Gasteiger partial charge in [0.1, 0.15) is 5.82 Å². The molecule has 0 unspecified atom stereocenters. The molecule has 1 atom stereocenters. The fourth-order valence-electron chi connectivity index (χ4n) is 1.82. The molecule has 1 heterocycles. The van der Waals surface area contributed by atoms with Gasteiger partial charge in [-0.3, -0.25) is 9.78 Å². The van der Waals surface area contributed by atoms with E-state index in [-0.39, 0.29) is 24.2 Å². The first kappa shape index (κ1) is 13.2. The van der Waals surface area contributed by atoms with E-state index in [0.29, 0.717) is 0 Å². The Bertz CT molecular complexity index is 540. The molecule has 4 heteroatoms. The maximum Gasteiger partial charge on any atom is 0.224 e. The number of aromatic nitrogens is 1. The van der Waals surface area contributed by atoms with Gasteiger partial charge in [0, 0.05) is 12.4 Å². The van der Waals surface area contributed by atoms with Crippen LogP contribution in [0.25, 0.3) is 0 Å². The molecule has 2 aromatic rings. The number of rotatable bonds is 4. The number of pyridine rings is 1. The molecule has 3 nitrogen and oxygen atoms in total. The van der Waals surface area contributed by atoms with Crippen molar-refractivity contribution in [3.63, 3.8) is 0 Å². The Balaban J connectivity index is 1.93. The second-order valence-corrected chi connectivity index (χ2v) is 4.37. The maximum absolute atomic E-state index is 12.7. The van der Waals surface area contributed by atoms with Crippen LogP contribution in [0.3, 0.4) is 0 Å². The average Bonchev–Trinajstić information content (AvgIpc) is 2.42. The first-order valence-corrected chi connectivity index (χ1v) is 6.09. The average molecular weight is 258 g/mol. The highest BCUT2D eigenvalue weighted by Gasteiger charge is 2.09. The van der Waals surface area contributed by atoms with Gasteiger partial charge in [-0.25, -0.2) is 4.39 Å². The maximum atomic E-state index is 12.7. The molecule has 1 aromatic heterocycles. The van der Waals surface area contributed by atoms with Crippen LogP contribution in [-0.4, -0.2) is 10.9 Å². The van der Waals surface area contributed by atoms with E-state index >= 15 is 0 Å². The number of nitrogens with zero attached hydrogens (tertiary/aromatic N) is 1. The molecule has 2 rings (SSSR count). The Kier molecular flexibility index (Phi) is 4.23. The Labute approximate surface area is 111 Å². The van der Waals surface area contributed by atoms with Gasteiger partial charge < -0.3 is 5.32 Å². The van der Waals surface area contributed by atoms with Crippen LogP contribution in [-0.2, 0) is 11.2 Å². The Hall–Kier alpha value is -2.23. The van der Waals surface area contributed by atoms with Crippen molar-refractivity contribution in [2.45, 2.75) is 19.4 Å². The van der Waals surface area contributed by atoms with Crippen LogP contribution in [0.15, 0.2) is 48.8 Å². The second-order valence-electron chi connectivity index (χ2n) is 4.37. The van der Waals surface area contributed by atoms with Crippen molar-refractivity contribution in [2.24, 2.45) is 0 Å². The number of benzene rings is 1. The minimum Gasteiger partial charge on any atom is -0.349 e. The molecule has 1 N–H and O–H groups in total. The summed E-state index contributed by atoms with van der Waals surface area (Å²) in [6, 6.07) is 9.60. The lowest BCUT2D eigenvalue weighted by atomic mass is 10.1. The SMILES string of the molecule is C[C@H](NC(=O)Cc1ccc(F)cc1)c1ccncc1. The predicted molar refractivity (Wildman–Crippen MR) is 70.9 cm³/mol. The van der Waals surface area contributed by atoms with Crippen molar-refractivity contribution in [2.75, 3.05) is 0 Å². The number of hydrogen-bond donors (Lipinski definition) is 1. The zero-order valence-electron chi connectivity index (χ0n) is 10.6. The Morgan fingerprint density at radius 3 is 2.47 bits per heavy atom. The van der Waals surface area contributed by atoms with Gasteiger partial charge in [-0.15, -0.1) is 0 Å². The van der Waals surface area contributed by atoms with Crippen molar-refractivity contribution in [3.05, 3.63) is 65.7 Å². The van der Waals surface area contributed by atoms with Crippen LogP contribution in [0.5, 0.6) is 0 Å². The van der Waals surface area contributed by atoms with Crippen LogP contribution in [0, 0.1) is 5.82 Å². The van der Waals surface area contributed by atoms with E-state index in [0.717, 1.165) is 11.1 Å². The highest BCUT2D eigenvalue weighted by Crippen LogP contribution is 2.11. The molecule has 0 fully saturated rings. The molecule has 0 aliphatic heterocycles. The molecule has 98 valence electrons. The largest absolute Gasteiger partial charge is 0.349 e. The smallest absolute Gasteiger partial charge is 0.224 e. The number of halogens is 1. The minimum atomic E-state index is -0.297. The van der Waals surface area contributed by atoms with Crippen LogP contribution in [0.4, 0.5) is 4.39 Å². The molecule has 0 radical (unpaired) electrons. The Morgan fingerprint density at radius 2 is 1.84 bits per heavy atom. The summed E-state index contributed by atoms with van der Waals surface area (Å²) in [5.41, 5.74) is 1.79. The third kappa shape index (κ3) is 3.88. The van der Waals surface area contributed by atoms with Crippen molar-refractivity contribution in [3.8, 4) is 0 Å². The zero-order valence-corrected chi connectivity index (χ0v) is 10.6. The van der Waals surface area contributed by atoms with Crippen molar-refractivity contribution in [1.29, 1.82) is 0 Å². The number of hydrogen-bond acceptors (Lipinski definition) is 2. The molecular weight excluding hydrogens is 243 g/mol. The first-order chi connectivity index (χ1) is 9.15. The molecular formula is C15H15FN2O. The summed E-state index contributed by atoms with van der Waals surface area (Å²) in [6.45, 7) is 1.91. The van der Waals surface area contributed by atoms with Gasteiger partial charge in [0.05, 0.1) is 12.5 Å². The first-order valence-electron chi connectivity index (χ1n) is 6.09. The number of carbonyl (C=O) groups is 1. The molecule has 0 aliphatic carbocycles. The van der Waals surface area contributed by atoms with Gasteiger partial charge in [0.15, 0.2) is 0 Å². The van der Waals surface area contributed by atoms with Crippen LogP contribution >= 0.6 is 0 Å². The Morgan fingerprint density at radius 1 is 1.21 bits per heavy atom. The monoisotopic (exact) mass is 258 g/mol. The lowest BCUT2D eigenvalue weighted by Crippen LogP contribution is -2.28. The van der Waals surface area contributed by atoms with Crippen LogP contribution < -0.4 is 5.32 Å². The van der Waals surface area contributed by atoms with Crippen molar-refractivity contribution in [1.82, 2.24) is 10.3 Å². The molecule has 0 saturated heterocycles. The molecule has 19 heavy (non-hydrogen) atoms. The summed E-state index contributed by atoms with van der Waals surface area (Å²) < 4.78 is 12.7. The number of amides is 1. The summed E-state index contributed by atoms with van der Waals surface area (Å²) in [7, 11) is 0. The van der Waals surface area contributed by atoms with E-state index in [1.54, 1.807) is 24.5 Å². The van der Waals surface area contributed by atoms with Crippen LogP contribution in [0.1, 0.15) is 24.1 Å². The molecule has 0 spiro atoms. The minimum absolute atomic E-state index is 0.0732. The van der Waals surface area contributed by atoms with Crippen molar-refractivity contribution >= 4 is 5.91 Å². The normalized spacial score (nSPS) is 11.9. The van der Waals surface area contributed by atoms with E-state index in [1.807, 2.05) is 19.1 Å². The van der Waals surface area contributed by atoms with Crippen molar-refractivity contribution < 1.29 is 9.18 Å². The standard InChI is InChI=1S/C15H15FN2O/c1-11(13-6-8-17-9-7-13)18-15(19)10-12-2-4-14(16)5-3-12/h2-9,11H,10H2,1H3,(H,18,19)/t11-/m0/s1. The zero-order chi connectivity index (χ0) is 13.7. The number of carbonyl (C=O) groups excluding carboxylic acids is 1. The summed E-state index contributed by atoms with van der Waals surface area (Å²) in [6.07, 6.45) is 3.63. The molecule has 0 bridgehead atoms. The van der Waals surface area contributed by atoms with Gasteiger partial charge in [-0.1, -0.05) is 12.1 Å². The molecule has 0 saturated carbocycles. The fraction of sp³-hybridized carbons (Fsp3) is 0.200. The summed E-state index contributed by atoms with van der Waals surface area (Å²) in [4.78, 5) is 15.8. The van der Waals surface area contributed by atoms with Gasteiger partial charge in [0.2, 0.25) is 5.91 Å². The highest BCUT2D eigenvalue weighted by atomic mass is 19.1. The lowest BCUT2D eigenvalue weighted by molar-refractivity contribution is -0.121. The van der Waals surface area contributed by atoms with Gasteiger partial charge in [-0.2, -0.15) is 0 Å². The molecule has 1 aromatic carbocycles. The van der Waals surface area contributed by atoms with E-state index in [2.05, 4.69) is 10.3 Å². The van der Waals surface area contributed by atoms with E-state index < -0.39 is 0 Å². The summed E-state index contributed by atoms with van der Waals surface area (Å²) >= 11 is 0.